The highest BCUT2D eigenvalue weighted by Crippen LogP contribution is 2.17. The highest BCUT2D eigenvalue weighted by atomic mass is 16.6. The third-order valence-electron chi connectivity index (χ3n) is 8.06. The lowest BCUT2D eigenvalue weighted by Gasteiger charge is -2.25. The molecule has 0 unspecified atom stereocenters. The summed E-state index contributed by atoms with van der Waals surface area (Å²) in [5.74, 6) is 6.39. The summed E-state index contributed by atoms with van der Waals surface area (Å²) in [6.07, 6.45) is 9.14. The van der Waals surface area contributed by atoms with Gasteiger partial charge in [0.2, 0.25) is 11.8 Å². The first-order valence-electron chi connectivity index (χ1n) is 16.5. The number of amides is 2. The van der Waals surface area contributed by atoms with Gasteiger partial charge in [-0.3, -0.25) is 24.7 Å². The monoisotopic (exact) mass is 634 g/mol. The molecule has 0 saturated carbocycles. The van der Waals surface area contributed by atoms with Crippen LogP contribution in [0.25, 0.3) is 0 Å². The van der Waals surface area contributed by atoms with Crippen molar-refractivity contribution in [2.45, 2.75) is 77.3 Å². The molecule has 3 heterocycles. The lowest BCUT2D eigenvalue weighted by molar-refractivity contribution is -0.384. The smallest absolute Gasteiger partial charge is 0.269 e. The minimum Gasteiger partial charge on any atom is -0.377 e. The lowest BCUT2D eigenvalue weighted by Crippen LogP contribution is -2.35. The number of hydrogen-bond acceptors (Lipinski definition) is 8. The van der Waals surface area contributed by atoms with Crippen molar-refractivity contribution in [3.63, 3.8) is 0 Å². The zero-order valence-corrected chi connectivity index (χ0v) is 26.8. The van der Waals surface area contributed by atoms with Gasteiger partial charge in [-0.1, -0.05) is 50.4 Å². The van der Waals surface area contributed by atoms with Crippen molar-refractivity contribution in [1.29, 1.82) is 0 Å². The molecule has 0 fully saturated rings. The molecule has 46 heavy (non-hydrogen) atoms. The van der Waals surface area contributed by atoms with Crippen LogP contribution in [0.3, 0.4) is 0 Å². The van der Waals surface area contributed by atoms with E-state index < -0.39 is 4.92 Å². The molecule has 2 aliphatic heterocycles. The van der Waals surface area contributed by atoms with Crippen LogP contribution in [0.5, 0.6) is 0 Å². The van der Waals surface area contributed by atoms with E-state index in [0.29, 0.717) is 88.1 Å². The first-order chi connectivity index (χ1) is 22.5. The van der Waals surface area contributed by atoms with Crippen molar-refractivity contribution < 1.29 is 28.7 Å². The number of nitro benzene ring substituents is 1. The van der Waals surface area contributed by atoms with Crippen LogP contribution in [0.2, 0.25) is 0 Å². The number of carbonyl (C=O) groups excluding carboxylic acids is 2. The van der Waals surface area contributed by atoms with Gasteiger partial charge in [0.05, 0.1) is 69.0 Å². The summed E-state index contributed by atoms with van der Waals surface area (Å²) in [6.45, 7) is 3.86. The lowest BCUT2D eigenvalue weighted by atomic mass is 10.1. The quantitative estimate of drug-likeness (QED) is 0.243. The number of pyridine rings is 1. The third kappa shape index (κ3) is 12.5. The van der Waals surface area contributed by atoms with Crippen LogP contribution >= 0.6 is 0 Å². The van der Waals surface area contributed by atoms with Crippen molar-refractivity contribution in [2.24, 2.45) is 0 Å². The number of nitro groups is 1. The second-order valence-corrected chi connectivity index (χ2v) is 11.7. The Labute approximate surface area is 271 Å². The average Bonchev–Trinajstić information content (AvgIpc) is 3.05. The SMILES string of the molecule is O=C1CCCCCCCCCCC(=O)N2CCOCCOCCOCCN1Cc1cc(C#Cc3ccc([N+](=O)[O-])cc3)cc(n1)C2. The molecule has 1 aromatic carbocycles. The van der Waals surface area contributed by atoms with Crippen molar-refractivity contribution in [3.8, 4) is 11.8 Å². The van der Waals surface area contributed by atoms with Crippen LogP contribution in [-0.2, 0) is 36.9 Å². The van der Waals surface area contributed by atoms with Crippen molar-refractivity contribution >= 4 is 17.5 Å². The molecule has 0 atom stereocenters. The van der Waals surface area contributed by atoms with E-state index in [4.69, 9.17) is 19.2 Å². The van der Waals surface area contributed by atoms with Gasteiger partial charge in [0.25, 0.3) is 5.69 Å². The Morgan fingerprint density at radius 3 is 1.54 bits per heavy atom. The molecule has 1 aromatic heterocycles. The van der Waals surface area contributed by atoms with E-state index in [1.165, 1.54) is 12.1 Å². The van der Waals surface area contributed by atoms with Crippen LogP contribution < -0.4 is 0 Å². The van der Waals surface area contributed by atoms with Gasteiger partial charge in [0.15, 0.2) is 0 Å². The third-order valence-corrected chi connectivity index (χ3v) is 8.06. The summed E-state index contributed by atoms with van der Waals surface area (Å²) in [7, 11) is 0. The number of fused-ring (bicyclic) bond motifs is 2. The van der Waals surface area contributed by atoms with E-state index in [1.807, 2.05) is 12.1 Å². The molecule has 4 rings (SSSR count). The number of nitrogens with zero attached hydrogens (tertiary/aromatic N) is 4. The minimum absolute atomic E-state index is 0.00151. The fourth-order valence-corrected chi connectivity index (χ4v) is 5.49. The number of aromatic nitrogens is 1. The zero-order valence-electron chi connectivity index (χ0n) is 26.8. The maximum absolute atomic E-state index is 13.4. The van der Waals surface area contributed by atoms with Crippen molar-refractivity contribution in [1.82, 2.24) is 14.8 Å². The molecule has 4 bridgehead atoms. The Morgan fingerprint density at radius 2 is 1.07 bits per heavy atom. The Balaban J connectivity index is 1.67. The fourth-order valence-electron chi connectivity index (χ4n) is 5.49. The summed E-state index contributed by atoms with van der Waals surface area (Å²) < 4.78 is 17.2. The Kier molecular flexibility index (Phi) is 14.9. The van der Waals surface area contributed by atoms with Gasteiger partial charge in [-0.25, -0.2) is 0 Å². The summed E-state index contributed by atoms with van der Waals surface area (Å²) >= 11 is 0. The number of ether oxygens (including phenoxy) is 3. The Bertz CT molecular complexity index is 1280. The molecule has 0 spiro atoms. The Morgan fingerprint density at radius 1 is 0.630 bits per heavy atom. The molecule has 0 N–H and O–H groups in total. The molecule has 11 heteroatoms. The van der Waals surface area contributed by atoms with Gasteiger partial charge in [0, 0.05) is 49.2 Å². The maximum atomic E-state index is 13.4. The number of non-ortho nitro benzene ring substituents is 1. The molecule has 2 amide bonds. The van der Waals surface area contributed by atoms with Crippen LogP contribution in [0.4, 0.5) is 5.69 Å². The van der Waals surface area contributed by atoms with Gasteiger partial charge < -0.3 is 24.0 Å². The fraction of sp³-hybridized carbons (Fsp3) is 0.571. The molecule has 2 aromatic rings. The summed E-state index contributed by atoms with van der Waals surface area (Å²) in [6, 6.07) is 9.82. The summed E-state index contributed by atoms with van der Waals surface area (Å²) in [5, 5.41) is 11.1. The van der Waals surface area contributed by atoms with Crippen molar-refractivity contribution in [2.75, 3.05) is 52.7 Å². The summed E-state index contributed by atoms with van der Waals surface area (Å²) in [5.41, 5.74) is 2.66. The minimum atomic E-state index is -0.442. The number of rotatable bonds is 1. The van der Waals surface area contributed by atoms with Crippen LogP contribution in [0.1, 0.15) is 86.7 Å². The average molecular weight is 635 g/mol. The molecule has 11 nitrogen and oxygen atoms in total. The van der Waals surface area contributed by atoms with Gasteiger partial charge in [-0.05, 0) is 37.1 Å². The van der Waals surface area contributed by atoms with E-state index in [1.54, 1.807) is 21.9 Å². The first-order valence-corrected chi connectivity index (χ1v) is 16.5. The number of hydrogen-bond donors (Lipinski definition) is 0. The second kappa shape index (κ2) is 19.6. The van der Waals surface area contributed by atoms with E-state index in [9.17, 15) is 19.7 Å². The summed E-state index contributed by atoms with van der Waals surface area (Å²) in [4.78, 5) is 46.0. The first kappa shape index (κ1) is 35.0. The van der Waals surface area contributed by atoms with Gasteiger partial charge >= 0.3 is 0 Å². The van der Waals surface area contributed by atoms with Crippen LogP contribution in [0.15, 0.2) is 36.4 Å². The number of carbonyl (C=O) groups is 2. The topological polar surface area (TPSA) is 124 Å². The largest absolute Gasteiger partial charge is 0.377 e. The van der Waals surface area contributed by atoms with Gasteiger partial charge in [-0.15, -0.1) is 0 Å². The molecular weight excluding hydrogens is 588 g/mol. The van der Waals surface area contributed by atoms with E-state index in [0.717, 1.165) is 51.4 Å². The van der Waals surface area contributed by atoms with Gasteiger partial charge in [0.1, 0.15) is 0 Å². The normalized spacial score (nSPS) is 19.0. The molecular formula is C35H46N4O7. The zero-order chi connectivity index (χ0) is 32.4. The second-order valence-electron chi connectivity index (χ2n) is 11.7. The molecule has 0 aliphatic carbocycles. The Hall–Kier alpha value is -3.85. The molecule has 0 radical (unpaired) electrons. The molecule has 0 saturated heterocycles. The standard InChI is InChI=1S/C35H46N4O7/c40-34-9-7-5-3-1-2-4-6-8-10-35(41)38-18-20-45-22-24-46-23-21-44-19-17-37(34)27-31-25-30(26-32(28-38)36-31)12-11-29-13-15-33(16-14-29)39(42)43/h13-16,25-26H,1-10,17-24,27-28H2. The van der Waals surface area contributed by atoms with Crippen molar-refractivity contribution in [3.05, 3.63) is 69.0 Å². The predicted molar refractivity (Wildman–Crippen MR) is 173 cm³/mol. The van der Waals surface area contributed by atoms with E-state index in [-0.39, 0.29) is 30.6 Å². The van der Waals surface area contributed by atoms with E-state index >= 15 is 0 Å². The highest BCUT2D eigenvalue weighted by molar-refractivity contribution is 5.76. The van der Waals surface area contributed by atoms with Crippen LogP contribution in [0, 0.1) is 22.0 Å². The predicted octanol–water partition coefficient (Wildman–Crippen LogP) is 5.02. The molecule has 248 valence electrons. The highest BCUT2D eigenvalue weighted by Gasteiger charge is 2.19. The van der Waals surface area contributed by atoms with E-state index in [2.05, 4.69) is 11.8 Å². The number of benzene rings is 1. The maximum Gasteiger partial charge on any atom is 0.269 e. The molecule has 2 aliphatic rings. The van der Waals surface area contributed by atoms with Gasteiger partial charge in [-0.2, -0.15) is 0 Å². The van der Waals surface area contributed by atoms with Crippen LogP contribution in [-0.4, -0.2) is 84.3 Å².